The lowest BCUT2D eigenvalue weighted by atomic mass is 10.1. The van der Waals surface area contributed by atoms with E-state index < -0.39 is 10.0 Å². The van der Waals surface area contributed by atoms with Crippen LogP contribution < -0.4 is 10.0 Å². The van der Waals surface area contributed by atoms with E-state index >= 15 is 0 Å². The van der Waals surface area contributed by atoms with Gasteiger partial charge in [-0.25, -0.2) is 23.5 Å². The van der Waals surface area contributed by atoms with Crippen LogP contribution in [-0.4, -0.2) is 30.4 Å². The molecule has 0 radical (unpaired) electrons. The van der Waals surface area contributed by atoms with E-state index in [2.05, 4.69) is 45.0 Å². The van der Waals surface area contributed by atoms with Crippen molar-refractivity contribution >= 4 is 26.9 Å². The van der Waals surface area contributed by atoms with Crippen LogP contribution in [0.1, 0.15) is 11.1 Å². The van der Waals surface area contributed by atoms with Gasteiger partial charge in [0.1, 0.15) is 17.8 Å². The van der Waals surface area contributed by atoms with Crippen molar-refractivity contribution < 1.29 is 8.42 Å². The van der Waals surface area contributed by atoms with Crippen molar-refractivity contribution in [3.8, 4) is 11.3 Å². The molecule has 7 nitrogen and oxygen atoms in total. The Labute approximate surface area is 169 Å². The second-order valence-electron chi connectivity index (χ2n) is 7.06. The lowest BCUT2D eigenvalue weighted by Crippen LogP contribution is -2.18. The minimum atomic E-state index is -3.72. The monoisotopic (exact) mass is 407 g/mol. The average Bonchev–Trinajstić information content (AvgIpc) is 3.11. The molecule has 0 aliphatic rings. The molecule has 0 atom stereocenters. The van der Waals surface area contributed by atoms with Crippen molar-refractivity contribution in [2.75, 3.05) is 11.9 Å². The molecular formula is C21H21N5O2S. The smallest absolute Gasteiger partial charge is 0.238 e. The van der Waals surface area contributed by atoms with E-state index in [1.165, 1.54) is 29.6 Å². The van der Waals surface area contributed by atoms with Crippen LogP contribution >= 0.6 is 0 Å². The highest BCUT2D eigenvalue weighted by Gasteiger charge is 2.14. The van der Waals surface area contributed by atoms with Crippen LogP contribution in [0.15, 0.2) is 65.8 Å². The van der Waals surface area contributed by atoms with E-state index in [-0.39, 0.29) is 4.90 Å². The molecule has 0 aliphatic heterocycles. The molecule has 148 valence electrons. The number of sulfonamides is 1. The van der Waals surface area contributed by atoms with Gasteiger partial charge in [-0.3, -0.25) is 0 Å². The molecule has 0 saturated heterocycles. The Morgan fingerprint density at radius 3 is 2.52 bits per heavy atom. The maximum absolute atomic E-state index is 11.5. The Kier molecular flexibility index (Phi) is 4.81. The Balaban J connectivity index is 1.68. The molecule has 0 aliphatic carbocycles. The van der Waals surface area contributed by atoms with Crippen molar-refractivity contribution in [1.82, 2.24) is 15.0 Å². The first kappa shape index (κ1) is 19.1. The maximum atomic E-state index is 11.5. The number of aromatic amines is 1. The van der Waals surface area contributed by atoms with Crippen molar-refractivity contribution in [2.24, 2.45) is 5.14 Å². The predicted molar refractivity (Wildman–Crippen MR) is 114 cm³/mol. The van der Waals surface area contributed by atoms with Gasteiger partial charge in [0.25, 0.3) is 0 Å². The second-order valence-corrected chi connectivity index (χ2v) is 8.62. The topological polar surface area (TPSA) is 105 Å². The number of aryl methyl sites for hydroxylation is 1. The number of fused-ring (bicyclic) bond motifs is 1. The number of benzene rings is 2. The molecule has 0 fully saturated rings. The largest absolute Gasteiger partial charge is 0.355 e. The Hall–Kier alpha value is -3.23. The van der Waals surface area contributed by atoms with Crippen LogP contribution in [0, 0.1) is 6.92 Å². The Bertz CT molecular complexity index is 1280. The summed E-state index contributed by atoms with van der Waals surface area (Å²) < 4.78 is 22.9. The average molecular weight is 407 g/mol. The number of H-pyrrole nitrogens is 1. The highest BCUT2D eigenvalue weighted by atomic mass is 32.2. The molecule has 29 heavy (non-hydrogen) atoms. The fourth-order valence-corrected chi connectivity index (χ4v) is 3.89. The summed E-state index contributed by atoms with van der Waals surface area (Å²) in [6.45, 7) is 2.80. The van der Waals surface area contributed by atoms with Gasteiger partial charge in [-0.05, 0) is 36.2 Å². The highest BCUT2D eigenvalue weighted by Crippen LogP contribution is 2.29. The summed E-state index contributed by atoms with van der Waals surface area (Å²) in [4.78, 5) is 14.3. The van der Waals surface area contributed by atoms with Crippen LogP contribution in [-0.2, 0) is 16.6 Å². The van der Waals surface area contributed by atoms with Gasteiger partial charge in [0, 0.05) is 19.3 Å². The first-order chi connectivity index (χ1) is 13.8. The van der Waals surface area contributed by atoms with Gasteiger partial charge < -0.3 is 9.88 Å². The van der Waals surface area contributed by atoms with Crippen molar-refractivity contribution in [3.05, 3.63) is 72.1 Å². The molecule has 4 rings (SSSR count). The summed E-state index contributed by atoms with van der Waals surface area (Å²) in [6.07, 6.45) is 1.54. The zero-order valence-electron chi connectivity index (χ0n) is 16.1. The second kappa shape index (κ2) is 7.31. The zero-order chi connectivity index (χ0) is 20.6. The SMILES string of the molecule is Cc1cccc(CN(C)c2ncnc3[nH]c(-c4ccc(S(N)(=O)=O)cc4)cc23)c1. The quantitative estimate of drug-likeness (QED) is 0.528. The molecule has 2 aromatic heterocycles. The van der Waals surface area contributed by atoms with Crippen LogP contribution in [0.3, 0.4) is 0 Å². The third-order valence-corrected chi connectivity index (χ3v) is 5.69. The number of hydrogen-bond donors (Lipinski definition) is 2. The number of nitrogens with zero attached hydrogens (tertiary/aromatic N) is 3. The minimum absolute atomic E-state index is 0.0794. The van der Waals surface area contributed by atoms with Crippen LogP contribution in [0.5, 0.6) is 0 Å². The summed E-state index contributed by atoms with van der Waals surface area (Å²) in [5.41, 5.74) is 4.80. The van der Waals surface area contributed by atoms with E-state index in [0.717, 1.165) is 34.7 Å². The fourth-order valence-electron chi connectivity index (χ4n) is 3.37. The molecule has 0 bridgehead atoms. The van der Waals surface area contributed by atoms with E-state index in [0.29, 0.717) is 0 Å². The number of nitrogens with one attached hydrogen (secondary N) is 1. The lowest BCUT2D eigenvalue weighted by Gasteiger charge is -2.19. The summed E-state index contributed by atoms with van der Waals surface area (Å²) in [5.74, 6) is 0.820. The number of rotatable bonds is 5. The lowest BCUT2D eigenvalue weighted by molar-refractivity contribution is 0.598. The first-order valence-corrected chi connectivity index (χ1v) is 10.6. The molecule has 4 aromatic rings. The van der Waals surface area contributed by atoms with Gasteiger partial charge >= 0.3 is 0 Å². The number of aromatic nitrogens is 3. The fraction of sp³-hybridized carbons (Fsp3) is 0.143. The Morgan fingerprint density at radius 1 is 1.07 bits per heavy atom. The molecule has 3 N–H and O–H groups in total. The summed E-state index contributed by atoms with van der Waals surface area (Å²) in [7, 11) is -1.72. The molecule has 0 unspecified atom stereocenters. The van der Waals surface area contributed by atoms with Gasteiger partial charge in [-0.2, -0.15) is 0 Å². The minimum Gasteiger partial charge on any atom is -0.355 e. The van der Waals surface area contributed by atoms with Crippen LogP contribution in [0.4, 0.5) is 5.82 Å². The van der Waals surface area contributed by atoms with E-state index in [4.69, 9.17) is 5.14 Å². The highest BCUT2D eigenvalue weighted by molar-refractivity contribution is 7.89. The molecule has 8 heteroatoms. The third-order valence-electron chi connectivity index (χ3n) is 4.76. The molecule has 2 heterocycles. The molecular weight excluding hydrogens is 386 g/mol. The summed E-state index contributed by atoms with van der Waals surface area (Å²) in [6, 6.07) is 16.8. The molecule has 0 spiro atoms. The van der Waals surface area contributed by atoms with Gasteiger partial charge in [0.05, 0.1) is 10.3 Å². The van der Waals surface area contributed by atoms with Crippen molar-refractivity contribution in [3.63, 3.8) is 0 Å². The van der Waals surface area contributed by atoms with Crippen LogP contribution in [0.25, 0.3) is 22.3 Å². The first-order valence-electron chi connectivity index (χ1n) is 9.05. The van der Waals surface area contributed by atoms with E-state index in [1.807, 2.05) is 19.2 Å². The predicted octanol–water partition coefficient (Wildman–Crippen LogP) is 3.22. The normalized spacial score (nSPS) is 11.7. The van der Waals surface area contributed by atoms with Gasteiger partial charge in [-0.15, -0.1) is 0 Å². The van der Waals surface area contributed by atoms with Gasteiger partial charge in [0.2, 0.25) is 10.0 Å². The maximum Gasteiger partial charge on any atom is 0.238 e. The summed E-state index contributed by atoms with van der Waals surface area (Å²) in [5, 5.41) is 6.07. The molecule has 0 amide bonds. The van der Waals surface area contributed by atoms with Gasteiger partial charge in [-0.1, -0.05) is 42.0 Å². The standard InChI is InChI=1S/C21H21N5O2S/c1-14-4-3-5-15(10-14)12-26(2)21-18-11-19(25-20(18)23-13-24-21)16-6-8-17(9-7-16)29(22,27)28/h3-11,13H,12H2,1-2H3,(H2,22,27,28)(H,23,24,25). The van der Waals surface area contributed by atoms with Gasteiger partial charge in [0.15, 0.2) is 0 Å². The van der Waals surface area contributed by atoms with Crippen LogP contribution in [0.2, 0.25) is 0 Å². The Morgan fingerprint density at radius 2 is 1.83 bits per heavy atom. The molecule has 0 saturated carbocycles. The number of anilines is 1. The van der Waals surface area contributed by atoms with E-state index in [1.54, 1.807) is 12.1 Å². The number of hydrogen-bond acceptors (Lipinski definition) is 5. The number of nitrogens with two attached hydrogens (primary N) is 1. The van der Waals surface area contributed by atoms with E-state index in [9.17, 15) is 8.42 Å². The van der Waals surface area contributed by atoms with Crippen molar-refractivity contribution in [1.29, 1.82) is 0 Å². The number of primary sulfonamides is 1. The molecule has 2 aromatic carbocycles. The zero-order valence-corrected chi connectivity index (χ0v) is 16.9. The van der Waals surface area contributed by atoms with Crippen molar-refractivity contribution in [2.45, 2.75) is 18.4 Å². The third kappa shape index (κ3) is 3.98. The summed E-state index contributed by atoms with van der Waals surface area (Å²) >= 11 is 0.